The Balaban J connectivity index is 2.63. The molecule has 0 saturated carbocycles. The number of hydrogen-bond acceptors (Lipinski definition) is 0. The lowest BCUT2D eigenvalue weighted by Gasteiger charge is -2.28. The van der Waals surface area contributed by atoms with Gasteiger partial charge < -0.3 is 0 Å². The Labute approximate surface area is 87.6 Å². The summed E-state index contributed by atoms with van der Waals surface area (Å²) >= 11 is 0. The Kier molecular flexibility index (Phi) is 4.15. The van der Waals surface area contributed by atoms with Gasteiger partial charge in [-0.15, -0.1) is 0 Å². The van der Waals surface area contributed by atoms with Crippen LogP contribution in [0.3, 0.4) is 0 Å². The van der Waals surface area contributed by atoms with Crippen LogP contribution >= 0.6 is 0 Å². The summed E-state index contributed by atoms with van der Waals surface area (Å²) in [7, 11) is 0. The molecule has 0 aromatic rings. The van der Waals surface area contributed by atoms with Gasteiger partial charge in [-0.2, -0.15) is 0 Å². The van der Waals surface area contributed by atoms with Crippen molar-refractivity contribution < 1.29 is 4.39 Å². The van der Waals surface area contributed by atoms with Gasteiger partial charge in [0.05, 0.1) is 0 Å². The molecule has 0 heterocycles. The lowest BCUT2D eigenvalue weighted by Crippen LogP contribution is -2.20. The monoisotopic (exact) mass is 198 g/mol. The Morgan fingerprint density at radius 1 is 1.50 bits per heavy atom. The third kappa shape index (κ3) is 2.83. The highest BCUT2D eigenvalue weighted by molar-refractivity contribution is 5.15. The maximum absolute atomic E-state index is 13.4. The van der Waals surface area contributed by atoms with E-state index in [9.17, 15) is 4.39 Å². The van der Waals surface area contributed by atoms with Crippen molar-refractivity contribution in [3.8, 4) is 0 Å². The molecule has 0 aromatic heterocycles. The third-order valence-electron chi connectivity index (χ3n) is 3.39. The number of halogens is 1. The smallest absolute Gasteiger partial charge is 0.101 e. The number of alkyl halides is 1. The molecule has 0 spiro atoms. The van der Waals surface area contributed by atoms with Crippen molar-refractivity contribution in [1.29, 1.82) is 0 Å². The molecule has 0 bridgehead atoms. The maximum atomic E-state index is 13.4. The SMILES string of the molecule is CCC[C@]1(C[C@H](F)CC)C=C(C)CC1. The fraction of sp³-hybridized carbons (Fsp3) is 0.846. The van der Waals surface area contributed by atoms with Crippen LogP contribution in [-0.4, -0.2) is 6.17 Å². The van der Waals surface area contributed by atoms with Gasteiger partial charge in [-0.3, -0.25) is 0 Å². The van der Waals surface area contributed by atoms with Gasteiger partial charge in [0.25, 0.3) is 0 Å². The maximum Gasteiger partial charge on any atom is 0.101 e. The molecular weight excluding hydrogens is 175 g/mol. The molecule has 0 saturated heterocycles. The molecule has 2 atom stereocenters. The zero-order valence-corrected chi connectivity index (χ0v) is 9.78. The molecule has 82 valence electrons. The Hall–Kier alpha value is -0.330. The van der Waals surface area contributed by atoms with Crippen LogP contribution in [0.5, 0.6) is 0 Å². The van der Waals surface area contributed by atoms with Gasteiger partial charge in [-0.25, -0.2) is 4.39 Å². The van der Waals surface area contributed by atoms with Gasteiger partial charge in [-0.05, 0) is 44.4 Å². The summed E-state index contributed by atoms with van der Waals surface area (Å²) in [5.74, 6) is 0. The zero-order valence-electron chi connectivity index (χ0n) is 9.78. The third-order valence-corrected chi connectivity index (χ3v) is 3.39. The van der Waals surface area contributed by atoms with E-state index in [1.54, 1.807) is 0 Å². The van der Waals surface area contributed by atoms with Crippen molar-refractivity contribution in [2.45, 2.75) is 65.5 Å². The Bertz CT molecular complexity index is 207. The van der Waals surface area contributed by atoms with Gasteiger partial charge in [0.15, 0.2) is 0 Å². The molecule has 1 aliphatic rings. The molecule has 0 nitrogen and oxygen atoms in total. The molecule has 0 unspecified atom stereocenters. The molecule has 14 heavy (non-hydrogen) atoms. The molecule has 0 amide bonds. The topological polar surface area (TPSA) is 0 Å². The average Bonchev–Trinajstić information content (AvgIpc) is 2.48. The summed E-state index contributed by atoms with van der Waals surface area (Å²) in [5, 5.41) is 0. The lowest BCUT2D eigenvalue weighted by molar-refractivity contribution is 0.199. The van der Waals surface area contributed by atoms with Crippen LogP contribution in [0.1, 0.15) is 59.3 Å². The van der Waals surface area contributed by atoms with Crippen molar-refractivity contribution in [1.82, 2.24) is 0 Å². The van der Waals surface area contributed by atoms with E-state index in [0.29, 0.717) is 6.42 Å². The first-order chi connectivity index (χ1) is 6.62. The first kappa shape index (κ1) is 11.7. The van der Waals surface area contributed by atoms with Crippen molar-refractivity contribution in [3.63, 3.8) is 0 Å². The van der Waals surface area contributed by atoms with E-state index < -0.39 is 6.17 Å². The summed E-state index contributed by atoms with van der Waals surface area (Å²) in [6.45, 7) is 6.31. The molecule has 1 rings (SSSR count). The van der Waals surface area contributed by atoms with Gasteiger partial charge >= 0.3 is 0 Å². The highest BCUT2D eigenvalue weighted by Gasteiger charge is 2.33. The number of allylic oxidation sites excluding steroid dienone is 2. The second-order valence-corrected chi connectivity index (χ2v) is 4.81. The minimum atomic E-state index is -0.608. The Morgan fingerprint density at radius 2 is 2.21 bits per heavy atom. The second-order valence-electron chi connectivity index (χ2n) is 4.81. The fourth-order valence-corrected chi connectivity index (χ4v) is 2.66. The fourth-order valence-electron chi connectivity index (χ4n) is 2.66. The zero-order chi connectivity index (χ0) is 10.6. The van der Waals surface area contributed by atoms with E-state index in [2.05, 4.69) is 19.9 Å². The summed E-state index contributed by atoms with van der Waals surface area (Å²) in [5.41, 5.74) is 1.66. The first-order valence-electron chi connectivity index (χ1n) is 5.94. The summed E-state index contributed by atoms with van der Waals surface area (Å²) < 4.78 is 13.4. The molecule has 0 fully saturated rings. The van der Waals surface area contributed by atoms with Gasteiger partial charge in [0.1, 0.15) is 6.17 Å². The molecule has 0 radical (unpaired) electrons. The highest BCUT2D eigenvalue weighted by atomic mass is 19.1. The summed E-state index contributed by atoms with van der Waals surface area (Å²) in [6, 6.07) is 0. The van der Waals surface area contributed by atoms with Gasteiger partial charge in [-0.1, -0.05) is 31.9 Å². The van der Waals surface area contributed by atoms with Crippen molar-refractivity contribution in [3.05, 3.63) is 11.6 Å². The van der Waals surface area contributed by atoms with Crippen molar-refractivity contribution in [2.75, 3.05) is 0 Å². The lowest BCUT2D eigenvalue weighted by atomic mass is 9.78. The van der Waals surface area contributed by atoms with Crippen LogP contribution in [0.25, 0.3) is 0 Å². The van der Waals surface area contributed by atoms with Crippen LogP contribution in [0.2, 0.25) is 0 Å². The normalized spacial score (nSPS) is 29.0. The quantitative estimate of drug-likeness (QED) is 0.564. The van der Waals surface area contributed by atoms with E-state index in [1.165, 1.54) is 24.8 Å². The molecule has 0 aromatic carbocycles. The predicted molar refractivity (Wildman–Crippen MR) is 60.1 cm³/mol. The standard InChI is InChI=1S/C13H23F/c1-4-7-13(10-12(14)5-2)8-6-11(3)9-13/h9,12H,4-8,10H2,1-3H3/t12-,13-/m1/s1. The minimum Gasteiger partial charge on any atom is -0.247 e. The van der Waals surface area contributed by atoms with E-state index in [0.717, 1.165) is 12.8 Å². The van der Waals surface area contributed by atoms with E-state index >= 15 is 0 Å². The second kappa shape index (κ2) is 4.95. The van der Waals surface area contributed by atoms with Gasteiger partial charge in [0, 0.05) is 0 Å². The molecule has 0 N–H and O–H groups in total. The van der Waals surface area contributed by atoms with Crippen molar-refractivity contribution >= 4 is 0 Å². The molecule has 1 heteroatoms. The molecule has 0 aliphatic heterocycles. The molecular formula is C13H23F. The van der Waals surface area contributed by atoms with Crippen molar-refractivity contribution in [2.24, 2.45) is 5.41 Å². The van der Waals surface area contributed by atoms with E-state index in [-0.39, 0.29) is 5.41 Å². The van der Waals surface area contributed by atoms with E-state index in [1.807, 2.05) is 6.92 Å². The van der Waals surface area contributed by atoms with Crippen LogP contribution in [0, 0.1) is 5.41 Å². The van der Waals surface area contributed by atoms with Crippen LogP contribution < -0.4 is 0 Å². The minimum absolute atomic E-state index is 0.203. The predicted octanol–water partition coefficient (Wildman–Crippen LogP) is 4.65. The van der Waals surface area contributed by atoms with Crippen LogP contribution in [0.15, 0.2) is 11.6 Å². The first-order valence-corrected chi connectivity index (χ1v) is 5.94. The van der Waals surface area contributed by atoms with E-state index in [4.69, 9.17) is 0 Å². The average molecular weight is 198 g/mol. The molecule has 1 aliphatic carbocycles. The summed E-state index contributed by atoms with van der Waals surface area (Å²) in [6.07, 6.45) is 7.82. The summed E-state index contributed by atoms with van der Waals surface area (Å²) in [4.78, 5) is 0. The highest BCUT2D eigenvalue weighted by Crippen LogP contribution is 2.44. The number of rotatable bonds is 5. The van der Waals surface area contributed by atoms with Crippen LogP contribution in [0.4, 0.5) is 4.39 Å². The largest absolute Gasteiger partial charge is 0.247 e. The Morgan fingerprint density at radius 3 is 2.64 bits per heavy atom. The number of hydrogen-bond donors (Lipinski definition) is 0. The van der Waals surface area contributed by atoms with Gasteiger partial charge in [0.2, 0.25) is 0 Å². The van der Waals surface area contributed by atoms with Crippen LogP contribution in [-0.2, 0) is 0 Å².